The molecule has 0 aromatic heterocycles. The molecule has 0 heterocycles. The molecule has 4 aromatic carbocycles. The van der Waals surface area contributed by atoms with E-state index in [1.165, 1.54) is 54.6 Å². The van der Waals surface area contributed by atoms with Crippen molar-refractivity contribution in [3.63, 3.8) is 0 Å². The van der Waals surface area contributed by atoms with E-state index < -0.39 is 50.3 Å². The maximum absolute atomic E-state index is 12.2. The van der Waals surface area contributed by atoms with Crippen LogP contribution in [0.1, 0.15) is 31.8 Å². The molecule has 0 fully saturated rings. The summed E-state index contributed by atoms with van der Waals surface area (Å²) in [7, 11) is -4.90. The number of hydrogen-bond donors (Lipinski definition) is 6. The maximum Gasteiger partial charge on any atom is 0.335 e. The molecule has 1 aliphatic rings. The SMILES string of the molecule is Nc1ccc2cc(S(=O)(=O)O)c(N=Nc3ccc(N=Nc4cc(C(=O)O)cc(C(=O)O)c4)c4c3C=CC(C(=O)O)C=C4)c(O)c2c1. The summed E-state index contributed by atoms with van der Waals surface area (Å²) in [6.07, 6.45) is 5.55. The number of azo groups is 2. The summed E-state index contributed by atoms with van der Waals surface area (Å²) in [5, 5.41) is 55.8. The first kappa shape index (κ1) is 31.2. The highest BCUT2D eigenvalue weighted by Crippen LogP contribution is 2.43. The zero-order valence-electron chi connectivity index (χ0n) is 23.1. The highest BCUT2D eigenvalue weighted by Gasteiger charge is 2.23. The number of aromatic carboxylic acids is 2. The van der Waals surface area contributed by atoms with E-state index >= 15 is 0 Å². The van der Waals surface area contributed by atoms with Gasteiger partial charge < -0.3 is 26.2 Å². The Morgan fingerprint density at radius 2 is 1.30 bits per heavy atom. The smallest absolute Gasteiger partial charge is 0.335 e. The van der Waals surface area contributed by atoms with Gasteiger partial charge in [0.05, 0.1) is 34.1 Å². The molecule has 1 atom stereocenters. The average Bonchev–Trinajstić information content (AvgIpc) is 3.23. The number of nitrogens with two attached hydrogens (primary N) is 1. The van der Waals surface area contributed by atoms with E-state index in [1.54, 1.807) is 0 Å². The second kappa shape index (κ2) is 12.0. The molecule has 0 aliphatic heterocycles. The van der Waals surface area contributed by atoms with Crippen molar-refractivity contribution in [2.24, 2.45) is 26.4 Å². The quantitative estimate of drug-likeness (QED) is 0.0700. The highest BCUT2D eigenvalue weighted by atomic mass is 32.2. The minimum Gasteiger partial charge on any atom is -0.505 e. The summed E-state index contributed by atoms with van der Waals surface area (Å²) >= 11 is 0. The number of fused-ring (bicyclic) bond motifs is 2. The first-order chi connectivity index (χ1) is 21.7. The topological polar surface area (TPSA) is 262 Å². The fourth-order valence-corrected chi connectivity index (χ4v) is 5.21. The lowest BCUT2D eigenvalue weighted by Gasteiger charge is -2.10. The Hall–Kier alpha value is -6.26. The number of hydrogen-bond acceptors (Lipinski definition) is 11. The lowest BCUT2D eigenvalue weighted by Crippen LogP contribution is -2.06. The molecule has 5 rings (SSSR count). The molecule has 0 radical (unpaired) electrons. The number of rotatable bonds is 8. The van der Waals surface area contributed by atoms with Crippen molar-refractivity contribution in [1.29, 1.82) is 0 Å². The second-order valence-electron chi connectivity index (χ2n) is 9.82. The van der Waals surface area contributed by atoms with Crippen LogP contribution < -0.4 is 5.73 Å². The van der Waals surface area contributed by atoms with E-state index in [2.05, 4.69) is 20.5 Å². The zero-order valence-corrected chi connectivity index (χ0v) is 24.0. The van der Waals surface area contributed by atoms with Crippen molar-refractivity contribution >= 4 is 79.4 Å². The molecule has 0 saturated heterocycles. The van der Waals surface area contributed by atoms with Crippen molar-refractivity contribution in [2.45, 2.75) is 4.90 Å². The molecule has 0 spiro atoms. The molecular formula is C30H21N5O10S. The number of carbonyl (C=O) groups is 3. The standard InChI is InChI=1S/C30H21N5O10S/c31-18-4-1-15-12-25(46(43,44)45)26(27(36)22(15)13-18)35-34-24-8-7-23(20-5-2-14(28(37)38)3-6-21(20)24)33-32-19-10-16(29(39)40)9-17(11-19)30(41)42/h1-14,36H,31H2,(H,37,38)(H,39,40)(H,41,42)(H,43,44,45). The number of benzene rings is 4. The van der Waals surface area contributed by atoms with Crippen LogP contribution >= 0.6 is 0 Å². The molecule has 0 amide bonds. The number of anilines is 1. The lowest BCUT2D eigenvalue weighted by molar-refractivity contribution is -0.138. The van der Waals surface area contributed by atoms with Crippen LogP contribution in [0.3, 0.4) is 0 Å². The predicted molar refractivity (Wildman–Crippen MR) is 164 cm³/mol. The number of nitrogen functional groups attached to an aromatic ring is 1. The van der Waals surface area contributed by atoms with E-state index in [-0.39, 0.29) is 55.8 Å². The number of carboxylic acids is 3. The summed E-state index contributed by atoms with van der Waals surface area (Å²) in [6.45, 7) is 0. The molecule has 7 N–H and O–H groups in total. The van der Waals surface area contributed by atoms with Crippen molar-refractivity contribution < 1.29 is 47.8 Å². The van der Waals surface area contributed by atoms with Gasteiger partial charge in [-0.2, -0.15) is 13.5 Å². The normalized spacial score (nSPS) is 14.5. The van der Waals surface area contributed by atoms with Gasteiger partial charge in [0.2, 0.25) is 0 Å². The molecule has 16 heteroatoms. The Labute approximate surface area is 258 Å². The van der Waals surface area contributed by atoms with Gasteiger partial charge in [0.25, 0.3) is 10.1 Å². The fourth-order valence-electron chi connectivity index (χ4n) is 4.55. The molecule has 0 bridgehead atoms. The predicted octanol–water partition coefficient (Wildman–Crippen LogP) is 6.34. The maximum atomic E-state index is 12.2. The molecule has 46 heavy (non-hydrogen) atoms. The summed E-state index contributed by atoms with van der Waals surface area (Å²) in [5.41, 5.74) is 5.48. The van der Waals surface area contributed by atoms with Gasteiger partial charge in [-0.25, -0.2) is 9.59 Å². The third kappa shape index (κ3) is 6.33. The summed E-state index contributed by atoms with van der Waals surface area (Å²) in [6, 6.07) is 11.4. The second-order valence-corrected chi connectivity index (χ2v) is 11.2. The van der Waals surface area contributed by atoms with Crippen LogP contribution in [0, 0.1) is 5.92 Å². The summed E-state index contributed by atoms with van der Waals surface area (Å²) in [4.78, 5) is 34.0. The van der Waals surface area contributed by atoms with Crippen LogP contribution in [0.15, 0.2) is 92.1 Å². The van der Waals surface area contributed by atoms with Gasteiger partial charge in [-0.15, -0.1) is 15.3 Å². The Morgan fingerprint density at radius 1 is 0.739 bits per heavy atom. The van der Waals surface area contributed by atoms with E-state index in [1.807, 2.05) is 0 Å². The van der Waals surface area contributed by atoms with Gasteiger partial charge in [0, 0.05) is 22.2 Å². The van der Waals surface area contributed by atoms with Crippen molar-refractivity contribution in [2.75, 3.05) is 5.73 Å². The number of phenols is 1. The number of carboxylic acid groups (broad SMARTS) is 3. The Bertz CT molecular complexity index is 2180. The zero-order chi connectivity index (χ0) is 33.3. The van der Waals surface area contributed by atoms with E-state index in [0.717, 1.165) is 24.3 Å². The van der Waals surface area contributed by atoms with E-state index in [0.29, 0.717) is 0 Å². The van der Waals surface area contributed by atoms with Crippen LogP contribution in [0.4, 0.5) is 28.4 Å². The summed E-state index contributed by atoms with van der Waals surface area (Å²) in [5.74, 6) is -5.61. The van der Waals surface area contributed by atoms with Crippen LogP contribution in [-0.2, 0) is 14.9 Å². The monoisotopic (exact) mass is 643 g/mol. The molecule has 0 saturated carbocycles. The van der Waals surface area contributed by atoms with E-state index in [4.69, 9.17) is 5.73 Å². The third-order valence-electron chi connectivity index (χ3n) is 6.76. The fraction of sp³-hybridized carbons (Fsp3) is 0.0333. The van der Waals surface area contributed by atoms with Gasteiger partial charge in [0.15, 0.2) is 5.75 Å². The molecule has 15 nitrogen and oxygen atoms in total. The first-order valence-electron chi connectivity index (χ1n) is 13.0. The minimum atomic E-state index is -4.90. The Balaban J connectivity index is 1.65. The van der Waals surface area contributed by atoms with Gasteiger partial charge in [-0.05, 0) is 53.9 Å². The summed E-state index contributed by atoms with van der Waals surface area (Å²) < 4.78 is 34.3. The molecular weight excluding hydrogens is 622 g/mol. The highest BCUT2D eigenvalue weighted by molar-refractivity contribution is 7.86. The number of aliphatic carboxylic acids is 1. The van der Waals surface area contributed by atoms with Crippen molar-refractivity contribution in [3.05, 3.63) is 89.0 Å². The third-order valence-corrected chi connectivity index (χ3v) is 7.63. The van der Waals surface area contributed by atoms with Crippen LogP contribution in [0.2, 0.25) is 0 Å². The van der Waals surface area contributed by atoms with E-state index in [9.17, 15) is 47.8 Å². The van der Waals surface area contributed by atoms with Gasteiger partial charge in [-0.1, -0.05) is 30.4 Å². The molecule has 4 aromatic rings. The van der Waals surface area contributed by atoms with Gasteiger partial charge in [0.1, 0.15) is 10.6 Å². The van der Waals surface area contributed by atoms with Crippen LogP contribution in [-0.4, -0.2) is 51.3 Å². The largest absolute Gasteiger partial charge is 0.505 e. The Morgan fingerprint density at radius 3 is 1.83 bits per heavy atom. The van der Waals surface area contributed by atoms with Crippen LogP contribution in [0.5, 0.6) is 5.75 Å². The number of nitrogens with zero attached hydrogens (tertiary/aromatic N) is 4. The van der Waals surface area contributed by atoms with Gasteiger partial charge >= 0.3 is 17.9 Å². The first-order valence-corrected chi connectivity index (χ1v) is 14.4. The molecule has 232 valence electrons. The minimum absolute atomic E-state index is 0.0651. The van der Waals surface area contributed by atoms with Gasteiger partial charge in [-0.3, -0.25) is 9.35 Å². The van der Waals surface area contributed by atoms with Crippen molar-refractivity contribution in [3.8, 4) is 5.75 Å². The lowest BCUT2D eigenvalue weighted by atomic mass is 10.0. The average molecular weight is 644 g/mol. The number of phenolic OH excluding ortho intramolecular Hbond substituents is 1. The number of aromatic hydroxyl groups is 1. The molecule has 1 aliphatic carbocycles. The van der Waals surface area contributed by atoms with Crippen LogP contribution in [0.25, 0.3) is 22.9 Å². The Kier molecular flexibility index (Phi) is 8.15. The molecule has 1 unspecified atom stereocenters. The van der Waals surface area contributed by atoms with Crippen molar-refractivity contribution in [1.82, 2.24) is 0 Å².